The molecule has 0 spiro atoms. The molecule has 0 saturated carbocycles. The number of ether oxygens (including phenoxy) is 3. The molecule has 1 N–H and O–H groups in total. The van der Waals surface area contributed by atoms with E-state index in [2.05, 4.69) is 5.32 Å². The van der Waals surface area contributed by atoms with Gasteiger partial charge in [0, 0.05) is 19.8 Å². The molecule has 0 aliphatic rings. The van der Waals surface area contributed by atoms with Gasteiger partial charge >= 0.3 is 0 Å². The van der Waals surface area contributed by atoms with Gasteiger partial charge in [0.1, 0.15) is 6.61 Å². The Kier molecular flexibility index (Phi) is 9.32. The lowest BCUT2D eigenvalue weighted by Gasteiger charge is -2.16. The lowest BCUT2D eigenvalue weighted by Crippen LogP contribution is -2.16. The minimum atomic E-state index is 0.454. The largest absolute Gasteiger partial charge is 0.490 e. The van der Waals surface area contributed by atoms with Crippen molar-refractivity contribution in [3.8, 4) is 11.5 Å². The number of rotatable bonds is 12. The molecule has 2 aromatic carbocycles. The Labute approximate surface area is 161 Å². The van der Waals surface area contributed by atoms with Gasteiger partial charge in [-0.05, 0) is 50.1 Å². The van der Waals surface area contributed by atoms with Crippen LogP contribution < -0.4 is 14.8 Å². The number of hydrogen-bond donors (Lipinski definition) is 1. The van der Waals surface area contributed by atoms with Crippen molar-refractivity contribution in [2.75, 3.05) is 26.4 Å². The standard InChI is InChI=1S/C21H28ClNO3/c1-3-24-12-8-11-23-15-18-13-19(22)21(20(14-18)25-4-2)26-16-17-9-6-5-7-10-17/h5-7,9-10,13-14,23H,3-4,8,11-12,15-16H2,1-2H3. The number of nitrogens with one attached hydrogen (secondary N) is 1. The van der Waals surface area contributed by atoms with Crippen molar-refractivity contribution in [3.63, 3.8) is 0 Å². The van der Waals surface area contributed by atoms with Crippen molar-refractivity contribution in [1.82, 2.24) is 5.32 Å². The van der Waals surface area contributed by atoms with Gasteiger partial charge in [-0.15, -0.1) is 0 Å². The summed E-state index contributed by atoms with van der Waals surface area (Å²) < 4.78 is 17.0. The maximum absolute atomic E-state index is 6.47. The van der Waals surface area contributed by atoms with Crippen LogP contribution >= 0.6 is 11.6 Å². The van der Waals surface area contributed by atoms with E-state index < -0.39 is 0 Å². The Morgan fingerprint density at radius 2 is 1.77 bits per heavy atom. The van der Waals surface area contributed by atoms with E-state index in [1.54, 1.807) is 0 Å². The third-order valence-electron chi connectivity index (χ3n) is 3.77. The van der Waals surface area contributed by atoms with Crippen LogP contribution in [0.25, 0.3) is 0 Å². The van der Waals surface area contributed by atoms with E-state index in [9.17, 15) is 0 Å². The summed E-state index contributed by atoms with van der Waals surface area (Å²) in [7, 11) is 0. The highest BCUT2D eigenvalue weighted by atomic mass is 35.5. The lowest BCUT2D eigenvalue weighted by molar-refractivity contribution is 0.144. The molecule has 0 amide bonds. The molecule has 4 nitrogen and oxygen atoms in total. The molecule has 0 bridgehead atoms. The summed E-state index contributed by atoms with van der Waals surface area (Å²) in [6, 6.07) is 13.9. The van der Waals surface area contributed by atoms with Crippen LogP contribution in [-0.2, 0) is 17.9 Å². The highest BCUT2D eigenvalue weighted by Gasteiger charge is 2.13. The van der Waals surface area contributed by atoms with Gasteiger partial charge in [-0.2, -0.15) is 0 Å². The second-order valence-electron chi connectivity index (χ2n) is 5.84. The van der Waals surface area contributed by atoms with Crippen molar-refractivity contribution in [2.45, 2.75) is 33.4 Å². The maximum Gasteiger partial charge on any atom is 0.180 e. The topological polar surface area (TPSA) is 39.7 Å². The second kappa shape index (κ2) is 11.8. The van der Waals surface area contributed by atoms with Crippen LogP contribution in [0.15, 0.2) is 42.5 Å². The summed E-state index contributed by atoms with van der Waals surface area (Å²) in [5.41, 5.74) is 2.16. The maximum atomic E-state index is 6.47. The molecule has 2 rings (SSSR count). The van der Waals surface area contributed by atoms with Crippen LogP contribution in [0.1, 0.15) is 31.4 Å². The van der Waals surface area contributed by atoms with E-state index in [0.717, 1.165) is 43.9 Å². The molecular weight excluding hydrogens is 350 g/mol. The first-order valence-electron chi connectivity index (χ1n) is 9.15. The van der Waals surface area contributed by atoms with E-state index in [0.29, 0.717) is 29.7 Å². The molecule has 0 aliphatic heterocycles. The normalized spacial score (nSPS) is 10.7. The minimum Gasteiger partial charge on any atom is -0.490 e. The molecule has 0 fully saturated rings. The summed E-state index contributed by atoms with van der Waals surface area (Å²) >= 11 is 6.47. The molecule has 0 atom stereocenters. The fraction of sp³-hybridized carbons (Fsp3) is 0.429. The van der Waals surface area contributed by atoms with Crippen molar-refractivity contribution in [2.24, 2.45) is 0 Å². The van der Waals surface area contributed by atoms with Crippen LogP contribution in [0.2, 0.25) is 5.02 Å². The Morgan fingerprint density at radius 1 is 0.962 bits per heavy atom. The van der Waals surface area contributed by atoms with Gasteiger partial charge in [0.2, 0.25) is 0 Å². The average molecular weight is 378 g/mol. The first kappa shape index (κ1) is 20.6. The monoisotopic (exact) mass is 377 g/mol. The Balaban J connectivity index is 1.97. The molecule has 0 saturated heterocycles. The molecule has 26 heavy (non-hydrogen) atoms. The van der Waals surface area contributed by atoms with E-state index in [1.807, 2.05) is 56.3 Å². The Morgan fingerprint density at radius 3 is 2.50 bits per heavy atom. The molecule has 0 aromatic heterocycles. The first-order chi connectivity index (χ1) is 12.7. The second-order valence-corrected chi connectivity index (χ2v) is 6.25. The minimum absolute atomic E-state index is 0.454. The summed E-state index contributed by atoms with van der Waals surface area (Å²) in [5, 5.41) is 3.97. The Bertz CT molecular complexity index is 649. The third-order valence-corrected chi connectivity index (χ3v) is 4.05. The fourth-order valence-electron chi connectivity index (χ4n) is 2.53. The number of hydrogen-bond acceptors (Lipinski definition) is 4. The number of halogens is 1. The third kappa shape index (κ3) is 6.87. The highest BCUT2D eigenvalue weighted by Crippen LogP contribution is 2.37. The molecule has 2 aromatic rings. The average Bonchev–Trinajstić information content (AvgIpc) is 2.65. The first-order valence-corrected chi connectivity index (χ1v) is 9.52. The van der Waals surface area contributed by atoms with Crippen LogP contribution in [0.3, 0.4) is 0 Å². The Hall–Kier alpha value is -1.75. The molecule has 0 aliphatic carbocycles. The zero-order chi connectivity index (χ0) is 18.6. The van der Waals surface area contributed by atoms with Crippen molar-refractivity contribution < 1.29 is 14.2 Å². The summed E-state index contributed by atoms with van der Waals surface area (Å²) in [4.78, 5) is 0. The molecule has 0 unspecified atom stereocenters. The van der Waals surface area contributed by atoms with Crippen molar-refractivity contribution in [1.29, 1.82) is 0 Å². The van der Waals surface area contributed by atoms with Crippen LogP contribution in [0.4, 0.5) is 0 Å². The van der Waals surface area contributed by atoms with Crippen LogP contribution in [-0.4, -0.2) is 26.4 Å². The quantitative estimate of drug-likeness (QED) is 0.537. The zero-order valence-electron chi connectivity index (χ0n) is 15.6. The van der Waals surface area contributed by atoms with Crippen LogP contribution in [0.5, 0.6) is 11.5 Å². The summed E-state index contributed by atoms with van der Waals surface area (Å²) in [6.45, 7) is 8.13. The summed E-state index contributed by atoms with van der Waals surface area (Å²) in [5.74, 6) is 1.28. The smallest absolute Gasteiger partial charge is 0.180 e. The van der Waals surface area contributed by atoms with E-state index in [1.165, 1.54) is 0 Å². The molecule has 142 valence electrons. The van der Waals surface area contributed by atoms with Gasteiger partial charge in [0.05, 0.1) is 11.6 Å². The van der Waals surface area contributed by atoms with E-state index >= 15 is 0 Å². The van der Waals surface area contributed by atoms with Gasteiger partial charge < -0.3 is 19.5 Å². The summed E-state index contributed by atoms with van der Waals surface area (Å²) in [6.07, 6.45) is 0.984. The molecule has 0 heterocycles. The van der Waals surface area contributed by atoms with Gasteiger partial charge in [-0.1, -0.05) is 41.9 Å². The van der Waals surface area contributed by atoms with Crippen molar-refractivity contribution >= 4 is 11.6 Å². The molecular formula is C21H28ClNO3. The SMILES string of the molecule is CCOCCCNCc1cc(Cl)c(OCc2ccccc2)c(OCC)c1. The van der Waals surface area contributed by atoms with Crippen LogP contribution in [0, 0.1) is 0 Å². The van der Waals surface area contributed by atoms with Gasteiger partial charge in [-0.25, -0.2) is 0 Å². The fourth-order valence-corrected chi connectivity index (χ4v) is 2.82. The van der Waals surface area contributed by atoms with Gasteiger partial charge in [0.15, 0.2) is 11.5 Å². The van der Waals surface area contributed by atoms with E-state index in [4.69, 9.17) is 25.8 Å². The molecule has 5 heteroatoms. The zero-order valence-corrected chi connectivity index (χ0v) is 16.3. The lowest BCUT2D eigenvalue weighted by atomic mass is 10.2. The van der Waals surface area contributed by atoms with E-state index in [-0.39, 0.29) is 0 Å². The van der Waals surface area contributed by atoms with Gasteiger partial charge in [0.25, 0.3) is 0 Å². The predicted molar refractivity (Wildman–Crippen MR) is 106 cm³/mol. The number of benzene rings is 2. The van der Waals surface area contributed by atoms with Crippen molar-refractivity contribution in [3.05, 3.63) is 58.6 Å². The van der Waals surface area contributed by atoms with Gasteiger partial charge in [-0.3, -0.25) is 0 Å². The highest BCUT2D eigenvalue weighted by molar-refractivity contribution is 6.32. The molecule has 0 radical (unpaired) electrons. The predicted octanol–water partition coefficient (Wildman–Crippen LogP) is 4.83.